The quantitative estimate of drug-likeness (QED) is 0.270. The highest BCUT2D eigenvalue weighted by molar-refractivity contribution is 5.73. The number of hydrogen-bond donors (Lipinski definition) is 2. The molecule has 3 aromatic heterocycles. The Balaban J connectivity index is 0.000000188. The Morgan fingerprint density at radius 2 is 1.92 bits per heavy atom. The van der Waals surface area contributed by atoms with E-state index in [0.717, 1.165) is 55.1 Å². The summed E-state index contributed by atoms with van der Waals surface area (Å²) in [6.07, 6.45) is 13.2. The molecule has 198 valence electrons. The average molecular weight is 518 g/mol. The predicted octanol–water partition coefficient (Wildman–Crippen LogP) is 3.80. The van der Waals surface area contributed by atoms with Crippen LogP contribution in [0.4, 0.5) is 15.9 Å². The third-order valence-corrected chi connectivity index (χ3v) is 6.09. The standard InChI is InChI=1S/C15H13N7.C12H19FN2O/c1-10-2-4-12(5-3-10)21-14-15-17-9-20-22(15)13(8-16-14)11-6-18-19-7-11;1-2-3-4-12(9-13)10-14-5-7-15(11-16)8-6-14/h2-9H,1H3,(H,16,21)(H,18,19);2-4,11H,5-10H2,1H3/b;3-2-,12-4+. The molecule has 0 radical (unpaired) electrons. The zero-order chi connectivity index (χ0) is 26.7. The molecule has 38 heavy (non-hydrogen) atoms. The van der Waals surface area contributed by atoms with Crippen molar-refractivity contribution in [2.45, 2.75) is 13.8 Å². The number of allylic oxidation sites excluding steroid dienone is 3. The first-order valence-corrected chi connectivity index (χ1v) is 12.4. The minimum Gasteiger partial charge on any atom is -0.343 e. The van der Waals surface area contributed by atoms with E-state index in [2.05, 4.69) is 42.4 Å². The van der Waals surface area contributed by atoms with Crippen LogP contribution >= 0.6 is 0 Å². The lowest BCUT2D eigenvalue weighted by molar-refractivity contribution is -0.119. The molecule has 1 saturated heterocycles. The van der Waals surface area contributed by atoms with Gasteiger partial charge in [0.1, 0.15) is 13.0 Å². The van der Waals surface area contributed by atoms with Crippen molar-refractivity contribution in [2.24, 2.45) is 0 Å². The number of fused-ring (bicyclic) bond motifs is 1. The van der Waals surface area contributed by atoms with Gasteiger partial charge < -0.3 is 10.2 Å². The van der Waals surface area contributed by atoms with Crippen LogP contribution in [0.15, 0.2) is 73.0 Å². The molecule has 1 aromatic carbocycles. The van der Waals surface area contributed by atoms with Gasteiger partial charge in [0, 0.05) is 50.2 Å². The predicted molar refractivity (Wildman–Crippen MR) is 146 cm³/mol. The topological polar surface area (TPSA) is 107 Å². The molecule has 0 unspecified atom stereocenters. The van der Waals surface area contributed by atoms with E-state index in [1.807, 2.05) is 49.4 Å². The molecule has 4 aromatic rings. The Morgan fingerprint density at radius 3 is 2.58 bits per heavy atom. The van der Waals surface area contributed by atoms with Gasteiger partial charge in [-0.05, 0) is 31.6 Å². The normalized spacial score (nSPS) is 14.5. The van der Waals surface area contributed by atoms with Crippen LogP contribution in [0.3, 0.4) is 0 Å². The zero-order valence-electron chi connectivity index (χ0n) is 21.6. The van der Waals surface area contributed by atoms with Crippen molar-refractivity contribution in [3.8, 4) is 11.3 Å². The zero-order valence-corrected chi connectivity index (χ0v) is 21.6. The number of alkyl halides is 1. The lowest BCUT2D eigenvalue weighted by Crippen LogP contribution is -2.46. The summed E-state index contributed by atoms with van der Waals surface area (Å²) in [5, 5.41) is 14.3. The second-order valence-corrected chi connectivity index (χ2v) is 8.87. The number of nitrogens with zero attached hydrogens (tertiary/aromatic N) is 7. The van der Waals surface area contributed by atoms with E-state index in [0.29, 0.717) is 18.0 Å². The number of H-pyrrole nitrogens is 1. The molecule has 10 nitrogen and oxygen atoms in total. The number of carbonyl (C=O) groups is 1. The van der Waals surface area contributed by atoms with Gasteiger partial charge in [0.25, 0.3) is 0 Å². The van der Waals surface area contributed by atoms with Crippen molar-refractivity contribution in [3.63, 3.8) is 0 Å². The monoisotopic (exact) mass is 517 g/mol. The fraction of sp³-hybridized carbons (Fsp3) is 0.296. The Hall–Kier alpha value is -4.38. The van der Waals surface area contributed by atoms with Crippen LogP contribution in [0, 0.1) is 6.92 Å². The van der Waals surface area contributed by atoms with Crippen molar-refractivity contribution in [1.29, 1.82) is 0 Å². The number of piperazine rings is 1. The number of anilines is 2. The molecular formula is C27H32FN9O. The molecule has 0 spiro atoms. The minimum absolute atomic E-state index is 0.405. The maximum atomic E-state index is 12.7. The summed E-state index contributed by atoms with van der Waals surface area (Å²) in [6, 6.07) is 8.11. The van der Waals surface area contributed by atoms with Crippen molar-refractivity contribution in [1.82, 2.24) is 39.6 Å². The Kier molecular flexibility index (Phi) is 9.30. The summed E-state index contributed by atoms with van der Waals surface area (Å²) in [6.45, 7) is 7.36. The van der Waals surface area contributed by atoms with Gasteiger partial charge in [-0.3, -0.25) is 14.8 Å². The van der Waals surface area contributed by atoms with Crippen molar-refractivity contribution >= 4 is 23.6 Å². The fourth-order valence-electron chi connectivity index (χ4n) is 3.95. The molecule has 11 heteroatoms. The summed E-state index contributed by atoms with van der Waals surface area (Å²) in [4.78, 5) is 23.2. The van der Waals surface area contributed by atoms with E-state index in [1.165, 1.54) is 11.9 Å². The second kappa shape index (κ2) is 13.2. The summed E-state index contributed by atoms with van der Waals surface area (Å²) in [5.74, 6) is 0.661. The number of rotatable bonds is 8. The van der Waals surface area contributed by atoms with Gasteiger partial charge in [0.05, 0.1) is 18.1 Å². The number of carbonyl (C=O) groups excluding carboxylic acids is 1. The second-order valence-electron chi connectivity index (χ2n) is 8.87. The van der Waals surface area contributed by atoms with E-state index in [9.17, 15) is 9.18 Å². The molecule has 0 saturated carbocycles. The molecule has 0 atom stereocenters. The number of amides is 1. The summed E-state index contributed by atoms with van der Waals surface area (Å²) < 4.78 is 14.4. The summed E-state index contributed by atoms with van der Waals surface area (Å²) in [7, 11) is 0. The lowest BCUT2D eigenvalue weighted by atomic mass is 10.2. The largest absolute Gasteiger partial charge is 0.343 e. The van der Waals surface area contributed by atoms with E-state index in [4.69, 9.17) is 0 Å². The molecular weight excluding hydrogens is 485 g/mol. The van der Waals surface area contributed by atoms with Crippen molar-refractivity contribution in [2.75, 3.05) is 44.7 Å². The number of aryl methyl sites for hydroxylation is 1. The minimum atomic E-state index is -0.405. The number of aromatic amines is 1. The number of nitrogens with one attached hydrogen (secondary N) is 2. The molecule has 0 bridgehead atoms. The molecule has 4 heterocycles. The maximum Gasteiger partial charge on any atom is 0.209 e. The number of halogens is 1. The van der Waals surface area contributed by atoms with E-state index in [-0.39, 0.29) is 0 Å². The summed E-state index contributed by atoms with van der Waals surface area (Å²) in [5.41, 5.74) is 5.36. The third-order valence-electron chi connectivity index (χ3n) is 6.09. The molecule has 1 aliphatic rings. The molecule has 1 amide bonds. The average Bonchev–Trinajstić information content (AvgIpc) is 3.67. The van der Waals surface area contributed by atoms with Crippen molar-refractivity contribution < 1.29 is 9.18 Å². The number of aromatic nitrogens is 6. The number of benzene rings is 1. The van der Waals surface area contributed by atoms with Gasteiger partial charge in [0.15, 0.2) is 11.5 Å². The van der Waals surface area contributed by atoms with E-state index in [1.54, 1.807) is 28.0 Å². The molecule has 5 rings (SSSR count). The Labute approximate surface area is 220 Å². The van der Waals surface area contributed by atoms with Gasteiger partial charge in [-0.15, -0.1) is 0 Å². The van der Waals surface area contributed by atoms with Gasteiger partial charge in [-0.25, -0.2) is 18.9 Å². The van der Waals surface area contributed by atoms with Crippen LogP contribution in [0.5, 0.6) is 0 Å². The third kappa shape index (κ3) is 6.88. The van der Waals surface area contributed by atoms with Crippen LogP contribution in [0.2, 0.25) is 0 Å². The molecule has 2 N–H and O–H groups in total. The maximum absolute atomic E-state index is 12.7. The fourth-order valence-corrected chi connectivity index (χ4v) is 3.95. The van der Waals surface area contributed by atoms with Crippen LogP contribution in [-0.2, 0) is 4.79 Å². The van der Waals surface area contributed by atoms with E-state index < -0.39 is 6.67 Å². The SMILES string of the molecule is C/C=C\C=C(/CF)CN1CCN(C=O)CC1.Cc1ccc(Nc2ncc(-c3cn[nH]c3)n3ncnc23)cc1. The molecule has 1 aliphatic heterocycles. The Morgan fingerprint density at radius 1 is 1.13 bits per heavy atom. The first kappa shape index (κ1) is 26.7. The smallest absolute Gasteiger partial charge is 0.209 e. The van der Waals surface area contributed by atoms with Crippen molar-refractivity contribution in [3.05, 3.63) is 78.5 Å². The highest BCUT2D eigenvalue weighted by Crippen LogP contribution is 2.23. The Bertz CT molecular complexity index is 1360. The first-order chi connectivity index (χ1) is 18.6. The molecule has 0 aliphatic carbocycles. The van der Waals surface area contributed by atoms with Crippen LogP contribution < -0.4 is 5.32 Å². The number of hydrogen-bond acceptors (Lipinski definition) is 7. The van der Waals surface area contributed by atoms with Gasteiger partial charge >= 0.3 is 0 Å². The van der Waals surface area contributed by atoms with Crippen LogP contribution in [0.1, 0.15) is 12.5 Å². The van der Waals surface area contributed by atoms with Gasteiger partial charge in [-0.1, -0.05) is 35.9 Å². The van der Waals surface area contributed by atoms with Crippen LogP contribution in [-0.4, -0.2) is 85.4 Å². The highest BCUT2D eigenvalue weighted by atomic mass is 19.1. The van der Waals surface area contributed by atoms with Crippen LogP contribution in [0.25, 0.3) is 16.9 Å². The highest BCUT2D eigenvalue weighted by Gasteiger charge is 2.16. The van der Waals surface area contributed by atoms with E-state index >= 15 is 0 Å². The first-order valence-electron chi connectivity index (χ1n) is 12.4. The molecule has 1 fully saturated rings. The lowest BCUT2D eigenvalue weighted by Gasteiger charge is -2.32. The van der Waals surface area contributed by atoms with Gasteiger partial charge in [-0.2, -0.15) is 10.2 Å². The summed E-state index contributed by atoms with van der Waals surface area (Å²) >= 11 is 0. The van der Waals surface area contributed by atoms with Gasteiger partial charge in [0.2, 0.25) is 6.41 Å².